The fraction of sp³-hybridized carbons (Fsp3) is 0.714. The van der Waals surface area contributed by atoms with E-state index < -0.39 is 0 Å². The molecule has 1 fully saturated rings. The maximum atomic E-state index is 5.70. The Labute approximate surface area is 142 Å². The average molecular weight is 319 g/mol. The van der Waals surface area contributed by atoms with Crippen LogP contribution in [-0.4, -0.2) is 19.8 Å². The minimum Gasteiger partial charge on any atom is -0.491 e. The first-order valence-electron chi connectivity index (χ1n) is 9.61. The Morgan fingerprint density at radius 2 is 1.57 bits per heavy atom. The van der Waals surface area contributed by atoms with Crippen LogP contribution >= 0.6 is 0 Å². The molecule has 1 aromatic carbocycles. The lowest BCUT2D eigenvalue weighted by Gasteiger charge is -2.27. The molecule has 0 unspecified atom stereocenters. The van der Waals surface area contributed by atoms with Crippen LogP contribution < -0.4 is 4.74 Å². The topological polar surface area (TPSA) is 18.5 Å². The van der Waals surface area contributed by atoms with Crippen molar-refractivity contribution in [3.63, 3.8) is 0 Å². The molecule has 1 aliphatic rings. The van der Waals surface area contributed by atoms with Gasteiger partial charge in [-0.2, -0.15) is 0 Å². The molecular weight excluding hydrogens is 284 g/mol. The predicted octanol–water partition coefficient (Wildman–Crippen LogP) is 5.64. The maximum Gasteiger partial charge on any atom is 0.119 e. The van der Waals surface area contributed by atoms with Gasteiger partial charge >= 0.3 is 0 Å². The Hall–Kier alpha value is -1.02. The standard InChI is InChI=1S/C21H34O2/c1-3-15-22-16-17-23-21-13-11-20(12-14-21)10-9-19-7-5-18(4-2)6-8-19/h11-14,18-19H,3-10,15-17H2,1-2H3. The second-order valence-corrected chi connectivity index (χ2v) is 6.94. The molecule has 0 aromatic heterocycles. The SMILES string of the molecule is CCCOCCOc1ccc(CCC2CCC(CC)CC2)cc1. The van der Waals surface area contributed by atoms with Gasteiger partial charge in [0, 0.05) is 6.61 Å². The van der Waals surface area contributed by atoms with E-state index in [2.05, 4.69) is 38.1 Å². The molecule has 1 saturated carbocycles. The van der Waals surface area contributed by atoms with E-state index in [0.29, 0.717) is 13.2 Å². The van der Waals surface area contributed by atoms with E-state index >= 15 is 0 Å². The molecule has 0 N–H and O–H groups in total. The summed E-state index contributed by atoms with van der Waals surface area (Å²) in [6.45, 7) is 6.60. The highest BCUT2D eigenvalue weighted by Crippen LogP contribution is 2.33. The molecule has 2 heteroatoms. The normalized spacial score (nSPS) is 21.3. The lowest BCUT2D eigenvalue weighted by molar-refractivity contribution is 0.101. The Kier molecular flexibility index (Phi) is 8.52. The second kappa shape index (κ2) is 10.7. The van der Waals surface area contributed by atoms with Crippen LogP contribution in [0.3, 0.4) is 0 Å². The highest BCUT2D eigenvalue weighted by Gasteiger charge is 2.19. The van der Waals surface area contributed by atoms with Crippen LogP contribution in [0.25, 0.3) is 0 Å². The summed E-state index contributed by atoms with van der Waals surface area (Å²) in [6.07, 6.45) is 10.8. The lowest BCUT2D eigenvalue weighted by atomic mass is 9.78. The second-order valence-electron chi connectivity index (χ2n) is 6.94. The van der Waals surface area contributed by atoms with Crippen molar-refractivity contribution in [3.05, 3.63) is 29.8 Å². The van der Waals surface area contributed by atoms with Crippen LogP contribution in [0, 0.1) is 11.8 Å². The summed E-state index contributed by atoms with van der Waals surface area (Å²) >= 11 is 0. The quantitative estimate of drug-likeness (QED) is 0.520. The molecule has 0 aliphatic heterocycles. The van der Waals surface area contributed by atoms with Gasteiger partial charge in [0.05, 0.1) is 6.61 Å². The lowest BCUT2D eigenvalue weighted by Crippen LogP contribution is -2.14. The number of ether oxygens (including phenoxy) is 2. The molecule has 130 valence electrons. The van der Waals surface area contributed by atoms with Gasteiger partial charge in [0.15, 0.2) is 0 Å². The van der Waals surface area contributed by atoms with Crippen molar-refractivity contribution in [2.75, 3.05) is 19.8 Å². The Bertz CT molecular complexity index is 404. The van der Waals surface area contributed by atoms with Crippen LogP contribution in [0.4, 0.5) is 0 Å². The molecule has 2 rings (SSSR count). The minimum absolute atomic E-state index is 0.639. The van der Waals surface area contributed by atoms with Crippen molar-refractivity contribution < 1.29 is 9.47 Å². The third-order valence-electron chi connectivity index (χ3n) is 5.15. The first kappa shape index (κ1) is 18.3. The molecule has 23 heavy (non-hydrogen) atoms. The monoisotopic (exact) mass is 318 g/mol. The van der Waals surface area contributed by atoms with Gasteiger partial charge in [0.2, 0.25) is 0 Å². The first-order valence-corrected chi connectivity index (χ1v) is 9.61. The van der Waals surface area contributed by atoms with Crippen molar-refractivity contribution >= 4 is 0 Å². The van der Waals surface area contributed by atoms with Gasteiger partial charge < -0.3 is 9.47 Å². The minimum atomic E-state index is 0.639. The number of rotatable bonds is 10. The third kappa shape index (κ3) is 6.95. The number of benzene rings is 1. The van der Waals surface area contributed by atoms with Crippen LogP contribution in [0.1, 0.15) is 64.4 Å². The van der Waals surface area contributed by atoms with Gasteiger partial charge in [-0.05, 0) is 48.8 Å². The number of hydrogen-bond acceptors (Lipinski definition) is 2. The van der Waals surface area contributed by atoms with Gasteiger partial charge in [-0.3, -0.25) is 0 Å². The molecule has 0 radical (unpaired) electrons. The highest BCUT2D eigenvalue weighted by atomic mass is 16.5. The molecule has 0 heterocycles. The first-order chi connectivity index (χ1) is 11.3. The average Bonchev–Trinajstić information content (AvgIpc) is 2.61. The summed E-state index contributed by atoms with van der Waals surface area (Å²) in [5.41, 5.74) is 1.44. The Balaban J connectivity index is 1.63. The van der Waals surface area contributed by atoms with E-state index in [1.807, 2.05) is 0 Å². The summed E-state index contributed by atoms with van der Waals surface area (Å²) in [5.74, 6) is 2.91. The summed E-state index contributed by atoms with van der Waals surface area (Å²) in [6, 6.07) is 8.64. The molecule has 1 aromatic rings. The van der Waals surface area contributed by atoms with Crippen LogP contribution in [-0.2, 0) is 11.2 Å². The van der Waals surface area contributed by atoms with Gasteiger partial charge in [-0.25, -0.2) is 0 Å². The smallest absolute Gasteiger partial charge is 0.119 e. The largest absolute Gasteiger partial charge is 0.491 e. The zero-order valence-electron chi connectivity index (χ0n) is 15.1. The molecule has 0 amide bonds. The molecule has 0 saturated heterocycles. The zero-order valence-corrected chi connectivity index (χ0v) is 15.1. The van der Waals surface area contributed by atoms with Crippen molar-refractivity contribution in [1.29, 1.82) is 0 Å². The van der Waals surface area contributed by atoms with Crippen LogP contribution in [0.2, 0.25) is 0 Å². The molecule has 0 bridgehead atoms. The van der Waals surface area contributed by atoms with Crippen LogP contribution in [0.5, 0.6) is 5.75 Å². The summed E-state index contributed by atoms with van der Waals surface area (Å²) in [4.78, 5) is 0. The number of hydrogen-bond donors (Lipinski definition) is 0. The highest BCUT2D eigenvalue weighted by molar-refractivity contribution is 5.27. The maximum absolute atomic E-state index is 5.70. The molecule has 1 aliphatic carbocycles. The molecule has 0 atom stereocenters. The molecular formula is C21H34O2. The summed E-state index contributed by atoms with van der Waals surface area (Å²) in [5, 5.41) is 0. The van der Waals surface area contributed by atoms with E-state index in [4.69, 9.17) is 9.47 Å². The van der Waals surface area contributed by atoms with Gasteiger partial charge in [0.25, 0.3) is 0 Å². The van der Waals surface area contributed by atoms with Gasteiger partial charge in [0.1, 0.15) is 12.4 Å². The van der Waals surface area contributed by atoms with E-state index in [9.17, 15) is 0 Å². The fourth-order valence-corrected chi connectivity index (χ4v) is 3.52. The van der Waals surface area contributed by atoms with Crippen molar-refractivity contribution in [2.24, 2.45) is 11.8 Å². The Morgan fingerprint density at radius 1 is 0.870 bits per heavy atom. The number of aryl methyl sites for hydroxylation is 1. The predicted molar refractivity (Wildman–Crippen MR) is 97.1 cm³/mol. The van der Waals surface area contributed by atoms with E-state index in [-0.39, 0.29) is 0 Å². The zero-order chi connectivity index (χ0) is 16.3. The summed E-state index contributed by atoms with van der Waals surface area (Å²) in [7, 11) is 0. The van der Waals surface area contributed by atoms with Crippen molar-refractivity contribution in [3.8, 4) is 5.75 Å². The fourth-order valence-electron chi connectivity index (χ4n) is 3.52. The van der Waals surface area contributed by atoms with E-state index in [1.165, 1.54) is 50.5 Å². The van der Waals surface area contributed by atoms with E-state index in [1.54, 1.807) is 0 Å². The van der Waals surface area contributed by atoms with Gasteiger partial charge in [-0.1, -0.05) is 58.1 Å². The Morgan fingerprint density at radius 3 is 2.22 bits per heavy atom. The molecule has 0 spiro atoms. The molecule has 2 nitrogen and oxygen atoms in total. The van der Waals surface area contributed by atoms with Gasteiger partial charge in [-0.15, -0.1) is 0 Å². The van der Waals surface area contributed by atoms with Crippen molar-refractivity contribution in [2.45, 2.75) is 65.2 Å². The van der Waals surface area contributed by atoms with E-state index in [0.717, 1.165) is 30.6 Å². The van der Waals surface area contributed by atoms with Crippen LogP contribution in [0.15, 0.2) is 24.3 Å². The third-order valence-corrected chi connectivity index (χ3v) is 5.15. The van der Waals surface area contributed by atoms with Crippen molar-refractivity contribution in [1.82, 2.24) is 0 Å². The summed E-state index contributed by atoms with van der Waals surface area (Å²) < 4.78 is 11.1.